The number of hydrogen-bond donors (Lipinski definition) is 0. The monoisotopic (exact) mass is 669 g/mol. The van der Waals surface area contributed by atoms with Crippen molar-refractivity contribution in [3.8, 4) is 45.5 Å². The quantitative estimate of drug-likeness (QED) is 0.175. The van der Waals surface area contributed by atoms with Crippen molar-refractivity contribution in [2.24, 2.45) is 0 Å². The zero-order valence-electron chi connectivity index (χ0n) is 28.6. The van der Waals surface area contributed by atoms with Crippen LogP contribution in [0.2, 0.25) is 0 Å². The minimum absolute atomic E-state index is 0.235. The zero-order chi connectivity index (χ0) is 34.6. The summed E-state index contributed by atoms with van der Waals surface area (Å²) >= 11 is 0. The summed E-state index contributed by atoms with van der Waals surface area (Å²) in [6, 6.07) is 53.5. The average Bonchev–Trinajstić information content (AvgIpc) is 3.77. The van der Waals surface area contributed by atoms with E-state index in [0.29, 0.717) is 11.8 Å². The largest absolute Gasteiger partial charge is 0.453 e. The third kappa shape index (κ3) is 4.11. The average molecular weight is 670 g/mol. The molecular formula is C47H31N3O2. The number of benzene rings is 8. The summed E-state index contributed by atoms with van der Waals surface area (Å²) in [5.41, 5.74) is 9.64. The first kappa shape index (κ1) is 29.1. The summed E-state index contributed by atoms with van der Waals surface area (Å²) in [4.78, 5) is 2.30. The van der Waals surface area contributed by atoms with Gasteiger partial charge in [0.15, 0.2) is 11.5 Å². The number of nitrogens with zero attached hydrogens (tertiary/aromatic N) is 3. The van der Waals surface area contributed by atoms with Crippen molar-refractivity contribution < 1.29 is 9.15 Å². The van der Waals surface area contributed by atoms with Gasteiger partial charge in [-0.15, -0.1) is 10.2 Å². The molecule has 0 radical (unpaired) electrons. The molecule has 0 atom stereocenters. The van der Waals surface area contributed by atoms with E-state index in [0.717, 1.165) is 39.7 Å². The van der Waals surface area contributed by atoms with Gasteiger partial charge < -0.3 is 14.1 Å². The molecule has 8 aromatic carbocycles. The number of rotatable bonds is 3. The van der Waals surface area contributed by atoms with Crippen molar-refractivity contribution in [1.82, 2.24) is 10.2 Å². The predicted molar refractivity (Wildman–Crippen MR) is 210 cm³/mol. The first-order valence-corrected chi connectivity index (χ1v) is 17.7. The van der Waals surface area contributed by atoms with Crippen molar-refractivity contribution >= 4 is 49.4 Å². The van der Waals surface area contributed by atoms with E-state index in [1.807, 2.05) is 54.6 Å². The smallest absolute Gasteiger partial charge is 0.248 e. The molecule has 2 aliphatic rings. The summed E-state index contributed by atoms with van der Waals surface area (Å²) in [6.07, 6.45) is 0. The van der Waals surface area contributed by atoms with E-state index in [1.165, 1.54) is 54.6 Å². The molecule has 11 rings (SSSR count). The summed E-state index contributed by atoms with van der Waals surface area (Å²) in [5.74, 6) is 2.64. The van der Waals surface area contributed by atoms with Crippen molar-refractivity contribution in [1.29, 1.82) is 0 Å². The van der Waals surface area contributed by atoms with Crippen LogP contribution in [0, 0.1) is 0 Å². The Morgan fingerprint density at radius 2 is 1.00 bits per heavy atom. The highest BCUT2D eigenvalue weighted by molar-refractivity contribution is 6.26. The molecule has 0 saturated carbocycles. The van der Waals surface area contributed by atoms with E-state index < -0.39 is 0 Å². The minimum Gasteiger partial charge on any atom is -0.453 e. The Morgan fingerprint density at radius 1 is 0.462 bits per heavy atom. The second kappa shape index (κ2) is 10.6. The number of para-hydroxylation sites is 2. The van der Waals surface area contributed by atoms with Crippen LogP contribution >= 0.6 is 0 Å². The fourth-order valence-corrected chi connectivity index (χ4v) is 8.45. The first-order chi connectivity index (χ1) is 25.5. The SMILES string of the molecule is CC1(C)c2cc3c(cc2-c2cc4c5ccccc5c5ccccc5c4cc21)Oc1ccccc1N3c1ccc(-c2nnc(-c3ccccc3)o2)cc1. The molecule has 0 amide bonds. The Morgan fingerprint density at radius 3 is 1.69 bits per heavy atom. The molecule has 5 heteroatoms. The molecule has 0 N–H and O–H groups in total. The van der Waals surface area contributed by atoms with E-state index in [1.54, 1.807) is 0 Å². The molecule has 0 fully saturated rings. The zero-order valence-corrected chi connectivity index (χ0v) is 28.6. The maximum Gasteiger partial charge on any atom is 0.248 e. The van der Waals surface area contributed by atoms with Gasteiger partial charge in [0.25, 0.3) is 0 Å². The van der Waals surface area contributed by atoms with Crippen molar-refractivity contribution in [2.45, 2.75) is 19.3 Å². The molecule has 2 heterocycles. The lowest BCUT2D eigenvalue weighted by atomic mass is 9.81. The molecule has 0 saturated heterocycles. The van der Waals surface area contributed by atoms with Gasteiger partial charge in [-0.2, -0.15) is 0 Å². The van der Waals surface area contributed by atoms with Crippen LogP contribution in [0.4, 0.5) is 17.1 Å². The second-order valence-corrected chi connectivity index (χ2v) is 14.3. The number of anilines is 3. The third-order valence-electron chi connectivity index (χ3n) is 11.0. The Labute approximate surface area is 300 Å². The third-order valence-corrected chi connectivity index (χ3v) is 11.0. The number of ether oxygens (including phenoxy) is 1. The van der Waals surface area contributed by atoms with Crippen LogP contribution in [-0.2, 0) is 5.41 Å². The van der Waals surface area contributed by atoms with Gasteiger partial charge in [-0.05, 0) is 127 Å². The molecule has 0 bridgehead atoms. The summed E-state index contributed by atoms with van der Waals surface area (Å²) in [5, 5.41) is 16.4. The molecular weight excluding hydrogens is 639 g/mol. The van der Waals surface area contributed by atoms with Crippen LogP contribution in [0.1, 0.15) is 25.0 Å². The molecule has 0 unspecified atom stereocenters. The standard InChI is InChI=1S/C47H31N3O2/c1-47(2)39-25-36-34-17-9-7-15-32(34)31-14-6-8-16-33(31)35(36)24-37(39)38-26-44-42(27-40(38)47)50(41-18-10-11-19-43(41)51-44)30-22-20-29(21-23-30)46-49-48-45(52-46)28-12-4-3-5-13-28/h3-27H,1-2H3. The molecule has 52 heavy (non-hydrogen) atoms. The van der Waals surface area contributed by atoms with Crippen LogP contribution in [0.25, 0.3) is 66.4 Å². The van der Waals surface area contributed by atoms with Crippen LogP contribution in [0.5, 0.6) is 11.5 Å². The molecule has 5 nitrogen and oxygen atoms in total. The van der Waals surface area contributed by atoms with Gasteiger partial charge in [-0.25, -0.2) is 0 Å². The van der Waals surface area contributed by atoms with Gasteiger partial charge >= 0.3 is 0 Å². The topological polar surface area (TPSA) is 51.4 Å². The van der Waals surface area contributed by atoms with E-state index >= 15 is 0 Å². The number of aromatic nitrogens is 2. The highest BCUT2D eigenvalue weighted by atomic mass is 16.5. The fourth-order valence-electron chi connectivity index (χ4n) is 8.45. The number of hydrogen-bond acceptors (Lipinski definition) is 5. The lowest BCUT2D eigenvalue weighted by Crippen LogP contribution is -2.19. The number of fused-ring (bicyclic) bond motifs is 11. The van der Waals surface area contributed by atoms with Crippen molar-refractivity contribution in [3.63, 3.8) is 0 Å². The molecule has 1 aliphatic carbocycles. The highest BCUT2D eigenvalue weighted by Gasteiger charge is 2.39. The van der Waals surface area contributed by atoms with E-state index in [2.05, 4.69) is 126 Å². The normalized spacial score (nSPS) is 13.8. The second-order valence-electron chi connectivity index (χ2n) is 14.3. The molecule has 246 valence electrons. The van der Waals surface area contributed by atoms with Gasteiger partial charge in [0, 0.05) is 22.2 Å². The summed E-state index contributed by atoms with van der Waals surface area (Å²) < 4.78 is 12.8. The van der Waals surface area contributed by atoms with Crippen LogP contribution in [0.3, 0.4) is 0 Å². The minimum atomic E-state index is -0.235. The van der Waals surface area contributed by atoms with Crippen molar-refractivity contribution in [3.05, 3.63) is 163 Å². The predicted octanol–water partition coefficient (Wildman–Crippen LogP) is 12.7. The van der Waals surface area contributed by atoms with E-state index in [4.69, 9.17) is 9.15 Å². The maximum absolute atomic E-state index is 6.72. The molecule has 1 aliphatic heterocycles. The van der Waals surface area contributed by atoms with Gasteiger partial charge in [0.05, 0.1) is 11.4 Å². The van der Waals surface area contributed by atoms with Crippen LogP contribution in [0.15, 0.2) is 156 Å². The Hall–Kier alpha value is -6.72. The van der Waals surface area contributed by atoms with E-state index in [9.17, 15) is 0 Å². The highest BCUT2D eigenvalue weighted by Crippen LogP contribution is 2.58. The van der Waals surface area contributed by atoms with Crippen LogP contribution in [-0.4, -0.2) is 10.2 Å². The summed E-state index contributed by atoms with van der Waals surface area (Å²) in [7, 11) is 0. The summed E-state index contributed by atoms with van der Waals surface area (Å²) in [6.45, 7) is 4.70. The Balaban J connectivity index is 1.06. The molecule has 0 spiro atoms. The maximum atomic E-state index is 6.72. The lowest BCUT2D eigenvalue weighted by molar-refractivity contribution is 0.476. The molecule has 9 aromatic rings. The molecule has 1 aromatic heterocycles. The first-order valence-electron chi connectivity index (χ1n) is 17.7. The lowest BCUT2D eigenvalue weighted by Gasteiger charge is -2.34. The van der Waals surface area contributed by atoms with Gasteiger partial charge in [-0.3, -0.25) is 0 Å². The van der Waals surface area contributed by atoms with Crippen molar-refractivity contribution in [2.75, 3.05) is 4.90 Å². The van der Waals surface area contributed by atoms with Crippen LogP contribution < -0.4 is 9.64 Å². The van der Waals surface area contributed by atoms with Gasteiger partial charge in [0.1, 0.15) is 0 Å². The van der Waals surface area contributed by atoms with Gasteiger partial charge in [0.2, 0.25) is 11.8 Å². The Kier molecular flexibility index (Phi) is 5.95. The van der Waals surface area contributed by atoms with E-state index in [-0.39, 0.29) is 5.41 Å². The van der Waals surface area contributed by atoms with Gasteiger partial charge in [-0.1, -0.05) is 92.7 Å². The fraction of sp³-hybridized carbons (Fsp3) is 0.0638. The Bertz CT molecular complexity index is 2910.